The molecule has 2 aliphatic rings. The number of carbonyl (C=O) groups excluding carboxylic acids is 1. The monoisotopic (exact) mass is 548 g/mol. The average Bonchev–Trinajstić information content (AvgIpc) is 2.99. The molecule has 2 fully saturated rings. The lowest BCUT2D eigenvalue weighted by atomic mass is 9.87. The topological polar surface area (TPSA) is 121 Å². The molecule has 1 aromatic carbocycles. The summed E-state index contributed by atoms with van der Waals surface area (Å²) in [7, 11) is 1.43. The van der Waals surface area contributed by atoms with Gasteiger partial charge in [-0.25, -0.2) is 9.97 Å². The minimum atomic E-state index is -0.144. The first kappa shape index (κ1) is 27.4. The first-order chi connectivity index (χ1) is 19.6. The van der Waals surface area contributed by atoms with Crippen LogP contribution in [0.2, 0.25) is 0 Å². The van der Waals surface area contributed by atoms with E-state index in [1.165, 1.54) is 7.11 Å². The van der Waals surface area contributed by atoms with E-state index in [-0.39, 0.29) is 24.1 Å². The minimum Gasteiger partial charge on any atom is -0.490 e. The zero-order valence-corrected chi connectivity index (χ0v) is 23.0. The normalized spacial score (nSPS) is 20.9. The van der Waals surface area contributed by atoms with Gasteiger partial charge in [-0.1, -0.05) is 12.1 Å². The lowest BCUT2D eigenvalue weighted by Gasteiger charge is -2.33. The summed E-state index contributed by atoms with van der Waals surface area (Å²) in [5.74, 6) is 3.47. The molecule has 212 valence electrons. The van der Waals surface area contributed by atoms with E-state index in [9.17, 15) is 4.79 Å². The van der Waals surface area contributed by atoms with Crippen LogP contribution in [0.15, 0.2) is 48.9 Å². The fourth-order valence-electron chi connectivity index (χ4n) is 5.15. The lowest BCUT2D eigenvalue weighted by Crippen LogP contribution is -2.41. The molecule has 1 atom stereocenters. The number of carbonyl (C=O) groups is 1. The zero-order valence-electron chi connectivity index (χ0n) is 23.0. The smallest absolute Gasteiger partial charge is 0.308 e. The number of ether oxygens (including phenoxy) is 4. The van der Waals surface area contributed by atoms with Gasteiger partial charge >= 0.3 is 5.97 Å². The highest BCUT2D eigenvalue weighted by molar-refractivity contribution is 5.72. The number of methoxy groups -OCH3 is 1. The molecule has 5 rings (SSSR count). The van der Waals surface area contributed by atoms with Gasteiger partial charge in [0.15, 0.2) is 17.3 Å². The zero-order chi connectivity index (χ0) is 27.7. The Hall–Kier alpha value is -4.15. The van der Waals surface area contributed by atoms with Gasteiger partial charge in [0.1, 0.15) is 18.0 Å². The fourth-order valence-corrected chi connectivity index (χ4v) is 5.15. The Kier molecular flexibility index (Phi) is 9.10. The molecule has 0 spiro atoms. The first-order valence-corrected chi connectivity index (χ1v) is 13.9. The van der Waals surface area contributed by atoms with Gasteiger partial charge in [-0.05, 0) is 57.6 Å². The molecule has 3 heterocycles. The van der Waals surface area contributed by atoms with Gasteiger partial charge in [-0.15, -0.1) is 0 Å². The predicted molar refractivity (Wildman–Crippen MR) is 149 cm³/mol. The summed E-state index contributed by atoms with van der Waals surface area (Å²) in [5, 5.41) is 3.15. The number of rotatable bonds is 10. The lowest BCUT2D eigenvalue weighted by molar-refractivity contribution is -0.147. The van der Waals surface area contributed by atoms with Crippen molar-refractivity contribution in [2.75, 3.05) is 37.0 Å². The number of para-hydroxylation sites is 2. The Morgan fingerprint density at radius 3 is 2.62 bits per heavy atom. The van der Waals surface area contributed by atoms with Crippen LogP contribution in [-0.2, 0) is 9.53 Å². The quantitative estimate of drug-likeness (QED) is 0.359. The number of nitrogens with one attached hydrogen (secondary N) is 1. The molecule has 1 saturated heterocycles. The number of hydrogen-bond donors (Lipinski definition) is 1. The van der Waals surface area contributed by atoms with Crippen LogP contribution in [0, 0.1) is 5.92 Å². The highest BCUT2D eigenvalue weighted by Gasteiger charge is 2.28. The number of esters is 1. The second-order valence-electron chi connectivity index (χ2n) is 9.93. The third kappa shape index (κ3) is 7.08. The maximum absolute atomic E-state index is 11.8. The van der Waals surface area contributed by atoms with Crippen molar-refractivity contribution in [2.45, 2.75) is 57.7 Å². The second kappa shape index (κ2) is 13.3. The first-order valence-electron chi connectivity index (χ1n) is 13.9. The van der Waals surface area contributed by atoms with E-state index in [0.29, 0.717) is 30.8 Å². The van der Waals surface area contributed by atoms with Crippen molar-refractivity contribution in [2.24, 2.45) is 5.92 Å². The van der Waals surface area contributed by atoms with Crippen molar-refractivity contribution < 1.29 is 23.7 Å². The number of piperidine rings is 1. The Labute approximate surface area is 234 Å². The van der Waals surface area contributed by atoms with Crippen molar-refractivity contribution in [3.8, 4) is 17.4 Å². The van der Waals surface area contributed by atoms with Gasteiger partial charge in [0.25, 0.3) is 0 Å². The van der Waals surface area contributed by atoms with Crippen molar-refractivity contribution in [1.82, 2.24) is 19.9 Å². The molecule has 11 nitrogen and oxygen atoms in total. The molecule has 40 heavy (non-hydrogen) atoms. The number of anilines is 3. The van der Waals surface area contributed by atoms with Crippen LogP contribution >= 0.6 is 0 Å². The van der Waals surface area contributed by atoms with Gasteiger partial charge in [0.2, 0.25) is 11.8 Å². The Morgan fingerprint density at radius 2 is 1.82 bits per heavy atom. The van der Waals surface area contributed by atoms with E-state index in [1.54, 1.807) is 24.7 Å². The summed E-state index contributed by atoms with van der Waals surface area (Å²) in [4.78, 5) is 32.0. The van der Waals surface area contributed by atoms with Gasteiger partial charge in [-0.3, -0.25) is 9.78 Å². The second-order valence-corrected chi connectivity index (χ2v) is 9.93. The molecule has 3 aromatic rings. The molecular formula is C29H36N6O5. The molecule has 0 bridgehead atoms. The molecule has 1 N–H and O–H groups in total. The van der Waals surface area contributed by atoms with E-state index in [0.717, 1.165) is 62.4 Å². The molecule has 0 amide bonds. The highest BCUT2D eigenvalue weighted by atomic mass is 16.5. The van der Waals surface area contributed by atoms with Crippen LogP contribution < -0.4 is 24.4 Å². The van der Waals surface area contributed by atoms with Crippen LogP contribution in [0.25, 0.3) is 0 Å². The Bertz CT molecular complexity index is 1270. The van der Waals surface area contributed by atoms with Crippen LogP contribution in [0.1, 0.15) is 45.4 Å². The molecule has 1 aliphatic carbocycles. The predicted octanol–water partition coefficient (Wildman–Crippen LogP) is 4.57. The average molecular weight is 549 g/mol. The Balaban J connectivity index is 1.18. The van der Waals surface area contributed by atoms with E-state index >= 15 is 0 Å². The van der Waals surface area contributed by atoms with Crippen LogP contribution in [0.4, 0.5) is 17.6 Å². The number of nitrogens with zero attached hydrogens (tertiary/aromatic N) is 5. The number of aromatic nitrogens is 4. The third-order valence-electron chi connectivity index (χ3n) is 7.13. The number of hydrogen-bond acceptors (Lipinski definition) is 11. The standard InChI is InChI=1S/C29H36N6O5/c1-3-38-23-8-4-5-9-24(23)39-22-7-6-16-35(19-22)26-18-30-17-25(32-26)33-29-31-15-14-27(34-29)40-21-12-10-20(11-13-21)28(36)37-2/h4-5,8-9,14-15,17-18,20-22H,3,6-7,10-13,16,19H2,1-2H3,(H,31,32,33,34)/t20?,21?,22-/m1/s1. The molecule has 1 aliphatic heterocycles. The van der Waals surface area contributed by atoms with Gasteiger partial charge in [-0.2, -0.15) is 4.98 Å². The summed E-state index contributed by atoms with van der Waals surface area (Å²) in [6, 6.07) is 9.51. The van der Waals surface area contributed by atoms with Crippen molar-refractivity contribution in [1.29, 1.82) is 0 Å². The summed E-state index contributed by atoms with van der Waals surface area (Å²) >= 11 is 0. The molecule has 0 radical (unpaired) electrons. The Morgan fingerprint density at radius 1 is 1.00 bits per heavy atom. The SMILES string of the molecule is CCOc1ccccc1O[C@@H]1CCCN(c2cncc(Nc3nccc(OC4CCC(C(=O)OC)CC4)n3)n2)C1. The van der Waals surface area contributed by atoms with Crippen molar-refractivity contribution in [3.05, 3.63) is 48.9 Å². The maximum atomic E-state index is 11.8. The highest BCUT2D eigenvalue weighted by Crippen LogP contribution is 2.31. The minimum absolute atomic E-state index is 0.00143. The van der Waals surface area contributed by atoms with Crippen LogP contribution in [0.3, 0.4) is 0 Å². The van der Waals surface area contributed by atoms with Crippen LogP contribution in [-0.4, -0.2) is 64.9 Å². The summed E-state index contributed by atoms with van der Waals surface area (Å²) in [6.45, 7) is 4.11. The number of benzene rings is 1. The van der Waals surface area contributed by atoms with Crippen LogP contribution in [0.5, 0.6) is 17.4 Å². The molecule has 0 unspecified atom stereocenters. The fraction of sp³-hybridized carbons (Fsp3) is 0.483. The van der Waals surface area contributed by atoms with E-state index < -0.39 is 0 Å². The van der Waals surface area contributed by atoms with E-state index in [4.69, 9.17) is 23.9 Å². The van der Waals surface area contributed by atoms with Gasteiger partial charge in [0.05, 0.1) is 38.6 Å². The molecule has 11 heteroatoms. The summed E-state index contributed by atoms with van der Waals surface area (Å²) in [5.41, 5.74) is 0. The van der Waals surface area contributed by atoms with Gasteiger partial charge < -0.3 is 29.2 Å². The van der Waals surface area contributed by atoms with E-state index in [2.05, 4.69) is 25.2 Å². The molecule has 2 aromatic heterocycles. The van der Waals surface area contributed by atoms with Crippen molar-refractivity contribution >= 4 is 23.6 Å². The molecular weight excluding hydrogens is 512 g/mol. The van der Waals surface area contributed by atoms with Crippen molar-refractivity contribution in [3.63, 3.8) is 0 Å². The third-order valence-corrected chi connectivity index (χ3v) is 7.13. The largest absolute Gasteiger partial charge is 0.490 e. The summed E-state index contributed by atoms with van der Waals surface area (Å²) in [6.07, 6.45) is 10.0. The molecule has 1 saturated carbocycles. The van der Waals surface area contributed by atoms with E-state index in [1.807, 2.05) is 31.2 Å². The summed E-state index contributed by atoms with van der Waals surface area (Å²) < 4.78 is 23.0. The van der Waals surface area contributed by atoms with Gasteiger partial charge in [0, 0.05) is 18.8 Å². The maximum Gasteiger partial charge on any atom is 0.308 e.